The third-order valence-electron chi connectivity index (χ3n) is 3.91. The summed E-state index contributed by atoms with van der Waals surface area (Å²) in [5.41, 5.74) is 2.24. The predicted octanol–water partition coefficient (Wildman–Crippen LogP) is 3.78. The highest BCUT2D eigenvalue weighted by Crippen LogP contribution is 2.31. The molecule has 4 heteroatoms. The largest absolute Gasteiger partial charge is 0.492 e. The average Bonchev–Trinajstić information content (AvgIpc) is 2.95. The van der Waals surface area contributed by atoms with Crippen molar-refractivity contribution < 1.29 is 9.47 Å². The lowest BCUT2D eigenvalue weighted by atomic mass is 10.0. The van der Waals surface area contributed by atoms with E-state index < -0.39 is 0 Å². The lowest BCUT2D eigenvalue weighted by Crippen LogP contribution is -2.27. The minimum atomic E-state index is 0.404. The standard InChI is InChI=1S/C17H26ClNO2/c1-12(2)15-9-16(18)13(3)8-17(15)21-7-5-19-10-14-4-6-20-11-14/h8-9,12,14,19H,4-7,10-11H2,1-3H3. The van der Waals surface area contributed by atoms with Crippen molar-refractivity contribution in [2.24, 2.45) is 5.92 Å². The molecule has 0 aromatic heterocycles. The highest BCUT2D eigenvalue weighted by atomic mass is 35.5. The molecule has 1 unspecified atom stereocenters. The molecule has 2 rings (SSSR count). The minimum absolute atomic E-state index is 0.404. The molecule has 1 heterocycles. The van der Waals surface area contributed by atoms with E-state index in [4.69, 9.17) is 21.1 Å². The van der Waals surface area contributed by atoms with Gasteiger partial charge in [0.15, 0.2) is 0 Å². The number of halogens is 1. The van der Waals surface area contributed by atoms with Gasteiger partial charge in [0.2, 0.25) is 0 Å². The summed E-state index contributed by atoms with van der Waals surface area (Å²) in [4.78, 5) is 0. The Bertz CT molecular complexity index is 456. The van der Waals surface area contributed by atoms with Gasteiger partial charge >= 0.3 is 0 Å². The Morgan fingerprint density at radius 3 is 2.90 bits per heavy atom. The van der Waals surface area contributed by atoms with Crippen LogP contribution in [-0.2, 0) is 4.74 Å². The van der Waals surface area contributed by atoms with Gasteiger partial charge in [-0.15, -0.1) is 0 Å². The summed E-state index contributed by atoms with van der Waals surface area (Å²) < 4.78 is 11.3. The molecule has 0 aliphatic carbocycles. The second kappa shape index (κ2) is 8.02. The molecule has 21 heavy (non-hydrogen) atoms. The Balaban J connectivity index is 1.80. The number of hydrogen-bond acceptors (Lipinski definition) is 3. The number of aryl methyl sites for hydroxylation is 1. The molecule has 1 aromatic rings. The van der Waals surface area contributed by atoms with Gasteiger partial charge in [-0.3, -0.25) is 0 Å². The summed E-state index contributed by atoms with van der Waals surface area (Å²) >= 11 is 6.21. The molecule has 1 fully saturated rings. The zero-order valence-corrected chi connectivity index (χ0v) is 14.0. The number of nitrogens with one attached hydrogen (secondary N) is 1. The molecule has 0 bridgehead atoms. The Kier molecular flexibility index (Phi) is 6.34. The van der Waals surface area contributed by atoms with Gasteiger partial charge in [0.25, 0.3) is 0 Å². The Morgan fingerprint density at radius 1 is 1.43 bits per heavy atom. The lowest BCUT2D eigenvalue weighted by molar-refractivity contribution is 0.185. The molecule has 1 atom stereocenters. The molecule has 0 radical (unpaired) electrons. The fourth-order valence-corrected chi connectivity index (χ4v) is 2.70. The minimum Gasteiger partial charge on any atom is -0.492 e. The van der Waals surface area contributed by atoms with E-state index in [9.17, 15) is 0 Å². The molecular formula is C17H26ClNO2. The van der Waals surface area contributed by atoms with Crippen LogP contribution in [0.3, 0.4) is 0 Å². The van der Waals surface area contributed by atoms with Gasteiger partial charge in [-0.05, 0) is 48.4 Å². The summed E-state index contributed by atoms with van der Waals surface area (Å²) in [6.45, 7) is 10.7. The second-order valence-corrected chi connectivity index (χ2v) is 6.48. The Morgan fingerprint density at radius 2 is 2.24 bits per heavy atom. The third kappa shape index (κ3) is 4.87. The summed E-state index contributed by atoms with van der Waals surface area (Å²) in [6, 6.07) is 4.07. The zero-order valence-electron chi connectivity index (χ0n) is 13.2. The maximum absolute atomic E-state index is 6.21. The number of ether oxygens (including phenoxy) is 2. The summed E-state index contributed by atoms with van der Waals surface area (Å²) in [6.07, 6.45) is 1.17. The van der Waals surface area contributed by atoms with E-state index in [0.29, 0.717) is 18.4 Å². The first-order chi connectivity index (χ1) is 10.1. The van der Waals surface area contributed by atoms with E-state index in [1.165, 1.54) is 12.0 Å². The topological polar surface area (TPSA) is 30.5 Å². The maximum Gasteiger partial charge on any atom is 0.123 e. The molecule has 0 spiro atoms. The zero-order chi connectivity index (χ0) is 15.2. The monoisotopic (exact) mass is 311 g/mol. The smallest absolute Gasteiger partial charge is 0.123 e. The summed E-state index contributed by atoms with van der Waals surface area (Å²) in [7, 11) is 0. The van der Waals surface area contributed by atoms with Crippen LogP contribution in [0.4, 0.5) is 0 Å². The van der Waals surface area contributed by atoms with Crippen LogP contribution < -0.4 is 10.1 Å². The average molecular weight is 312 g/mol. The van der Waals surface area contributed by atoms with E-state index in [0.717, 1.165) is 42.6 Å². The van der Waals surface area contributed by atoms with Crippen LogP contribution in [0.2, 0.25) is 5.02 Å². The van der Waals surface area contributed by atoms with Gasteiger partial charge < -0.3 is 14.8 Å². The van der Waals surface area contributed by atoms with Crippen molar-refractivity contribution in [2.45, 2.75) is 33.1 Å². The SMILES string of the molecule is Cc1cc(OCCNCC2CCOC2)c(C(C)C)cc1Cl. The lowest BCUT2D eigenvalue weighted by Gasteiger charge is -2.16. The van der Waals surface area contributed by atoms with Crippen molar-refractivity contribution >= 4 is 11.6 Å². The fourth-order valence-electron chi connectivity index (χ4n) is 2.53. The van der Waals surface area contributed by atoms with E-state index in [-0.39, 0.29) is 0 Å². The first-order valence-corrected chi connectivity index (χ1v) is 8.17. The van der Waals surface area contributed by atoms with Gasteiger partial charge in [0.05, 0.1) is 6.61 Å². The van der Waals surface area contributed by atoms with Crippen LogP contribution in [-0.4, -0.2) is 32.9 Å². The molecule has 0 amide bonds. The van der Waals surface area contributed by atoms with E-state index >= 15 is 0 Å². The van der Waals surface area contributed by atoms with Crippen molar-refractivity contribution in [2.75, 3.05) is 32.9 Å². The van der Waals surface area contributed by atoms with Crippen molar-refractivity contribution in [1.82, 2.24) is 5.32 Å². The van der Waals surface area contributed by atoms with Crippen molar-refractivity contribution in [3.05, 3.63) is 28.3 Å². The Hall–Kier alpha value is -0.770. The van der Waals surface area contributed by atoms with Crippen LogP contribution in [0.15, 0.2) is 12.1 Å². The first kappa shape index (κ1) is 16.6. The first-order valence-electron chi connectivity index (χ1n) is 7.79. The highest BCUT2D eigenvalue weighted by Gasteiger charge is 2.15. The van der Waals surface area contributed by atoms with Gasteiger partial charge in [0.1, 0.15) is 12.4 Å². The number of benzene rings is 1. The number of hydrogen-bond donors (Lipinski definition) is 1. The maximum atomic E-state index is 6.21. The van der Waals surface area contributed by atoms with Crippen molar-refractivity contribution in [3.63, 3.8) is 0 Å². The van der Waals surface area contributed by atoms with Crippen molar-refractivity contribution in [3.8, 4) is 5.75 Å². The van der Waals surface area contributed by atoms with E-state index in [1.807, 2.05) is 19.1 Å². The van der Waals surface area contributed by atoms with Crippen LogP contribution in [0, 0.1) is 12.8 Å². The van der Waals surface area contributed by atoms with Crippen LogP contribution in [0.1, 0.15) is 37.3 Å². The summed E-state index contributed by atoms with van der Waals surface area (Å²) in [5.74, 6) is 2.02. The molecule has 1 aliphatic rings. The molecule has 0 saturated carbocycles. The van der Waals surface area contributed by atoms with Gasteiger partial charge in [0, 0.05) is 24.7 Å². The van der Waals surface area contributed by atoms with Crippen LogP contribution in [0.5, 0.6) is 5.75 Å². The molecular weight excluding hydrogens is 286 g/mol. The van der Waals surface area contributed by atoms with Crippen LogP contribution >= 0.6 is 11.6 Å². The molecule has 3 nitrogen and oxygen atoms in total. The van der Waals surface area contributed by atoms with Crippen LogP contribution in [0.25, 0.3) is 0 Å². The summed E-state index contributed by atoms with van der Waals surface area (Å²) in [5, 5.41) is 4.25. The molecule has 1 aromatic carbocycles. The molecule has 1 N–H and O–H groups in total. The van der Waals surface area contributed by atoms with Crippen molar-refractivity contribution in [1.29, 1.82) is 0 Å². The molecule has 1 saturated heterocycles. The molecule has 118 valence electrons. The van der Waals surface area contributed by atoms with Gasteiger partial charge in [-0.25, -0.2) is 0 Å². The predicted molar refractivity (Wildman–Crippen MR) is 87.6 cm³/mol. The van der Waals surface area contributed by atoms with E-state index in [2.05, 4.69) is 19.2 Å². The highest BCUT2D eigenvalue weighted by molar-refractivity contribution is 6.31. The third-order valence-corrected chi connectivity index (χ3v) is 4.31. The number of rotatable bonds is 7. The Labute approximate surface area is 133 Å². The fraction of sp³-hybridized carbons (Fsp3) is 0.647. The quantitative estimate of drug-likeness (QED) is 0.777. The van der Waals surface area contributed by atoms with Gasteiger partial charge in [-0.2, -0.15) is 0 Å². The second-order valence-electron chi connectivity index (χ2n) is 6.08. The van der Waals surface area contributed by atoms with Gasteiger partial charge in [-0.1, -0.05) is 25.4 Å². The normalized spacial score (nSPS) is 18.4. The molecule has 1 aliphatic heterocycles. The van der Waals surface area contributed by atoms with E-state index in [1.54, 1.807) is 0 Å².